The molecule has 0 heterocycles. The first kappa shape index (κ1) is 72.9. The summed E-state index contributed by atoms with van der Waals surface area (Å²) in [7, 11) is -7.66. The number of hydrogen-bond donors (Lipinski definition) is 0. The molecule has 20 atom stereocenters. The third kappa shape index (κ3) is 15.8. The van der Waals surface area contributed by atoms with Gasteiger partial charge in [0, 0.05) is 0 Å². The molecule has 0 spiro atoms. The number of benzene rings is 2. The first-order valence-corrected chi connectivity index (χ1v) is 41.4. The average Bonchev–Trinajstić information content (AvgIpc) is 1.69. The molecule has 2 aromatic carbocycles. The Kier molecular flexibility index (Phi) is 24.1. The van der Waals surface area contributed by atoms with Crippen LogP contribution in [0.1, 0.15) is 261 Å². The van der Waals surface area contributed by atoms with Crippen LogP contribution in [0, 0.1) is 130 Å². The Balaban J connectivity index is 0.871. The zero-order valence-corrected chi connectivity index (χ0v) is 62.6. The van der Waals surface area contributed by atoms with Gasteiger partial charge in [0.25, 0.3) is 20.2 Å². The molecule has 8 aliphatic carbocycles. The van der Waals surface area contributed by atoms with Gasteiger partial charge in [0.1, 0.15) is 0 Å². The minimum absolute atomic E-state index is 0.0981. The summed E-state index contributed by atoms with van der Waals surface area (Å²) in [4.78, 5) is 0.437. The van der Waals surface area contributed by atoms with E-state index in [1.54, 1.807) is 35.4 Å². The van der Waals surface area contributed by atoms with E-state index < -0.39 is 20.2 Å². The van der Waals surface area contributed by atoms with Crippen LogP contribution in [-0.2, 0) is 33.3 Å². The van der Waals surface area contributed by atoms with Crippen LogP contribution in [0.2, 0.25) is 0 Å². The fourth-order valence-corrected chi connectivity index (χ4v) is 24.5. The van der Waals surface area contributed by atoms with E-state index in [1.807, 2.05) is 38.1 Å². The van der Waals surface area contributed by atoms with E-state index in [1.165, 1.54) is 103 Å². The third-order valence-corrected chi connectivity index (χ3v) is 31.1. The minimum atomic E-state index is -3.83. The van der Waals surface area contributed by atoms with Gasteiger partial charge in [-0.25, -0.2) is 0 Å². The van der Waals surface area contributed by atoms with Crippen molar-refractivity contribution in [2.24, 2.45) is 116 Å². The highest BCUT2D eigenvalue weighted by Crippen LogP contribution is 2.70. The molecule has 0 amide bonds. The van der Waals surface area contributed by atoms with Gasteiger partial charge in [-0.3, -0.25) is 8.37 Å². The summed E-state index contributed by atoms with van der Waals surface area (Å²) in [6.45, 7) is 34.4. The highest BCUT2D eigenvalue weighted by molar-refractivity contribution is 7.87. The van der Waals surface area contributed by atoms with Gasteiger partial charge in [0.05, 0.1) is 35.2 Å². The Morgan fingerprint density at radius 2 is 0.860 bits per heavy atom. The number of allylic oxidation sites excluding steroid dienone is 8. The van der Waals surface area contributed by atoms with Crippen molar-refractivity contribution in [2.45, 2.75) is 286 Å². The van der Waals surface area contributed by atoms with Crippen LogP contribution in [-0.4, -0.2) is 42.3 Å². The van der Waals surface area contributed by atoms with Gasteiger partial charge in [-0.15, -0.1) is 0 Å². The molecule has 8 aliphatic rings. The fourth-order valence-electron chi connectivity index (χ4n) is 22.6. The molecular formula is C84H130O7S2. The maximum absolute atomic E-state index is 13.3. The number of hydrogen-bond acceptors (Lipinski definition) is 7. The van der Waals surface area contributed by atoms with Gasteiger partial charge >= 0.3 is 0 Å². The summed E-state index contributed by atoms with van der Waals surface area (Å²) >= 11 is 0. The Hall–Kier alpha value is -2.82. The highest BCUT2D eigenvalue weighted by atomic mass is 32.2. The zero-order valence-electron chi connectivity index (χ0n) is 60.9. The second kappa shape index (κ2) is 30.7. The lowest BCUT2D eigenvalue weighted by molar-refractivity contribution is -0.103. The molecule has 0 aliphatic heterocycles. The molecule has 10 rings (SSSR count). The zero-order chi connectivity index (χ0) is 66.7. The molecule has 0 bridgehead atoms. The molecule has 6 fully saturated rings. The molecule has 0 radical (unpaired) electrons. The van der Waals surface area contributed by atoms with E-state index in [2.05, 4.69) is 120 Å². The lowest BCUT2D eigenvalue weighted by Gasteiger charge is -2.59. The second-order valence-corrected chi connectivity index (χ2v) is 37.4. The highest BCUT2D eigenvalue weighted by Gasteiger charge is 2.61. The molecule has 0 N–H and O–H groups in total. The monoisotopic (exact) mass is 1310 g/mol. The summed E-state index contributed by atoms with van der Waals surface area (Å²) in [6.07, 6.45) is 46.1. The molecule has 8 unspecified atom stereocenters. The smallest absolute Gasteiger partial charge is 0.296 e. The Bertz CT molecular complexity index is 2910. The van der Waals surface area contributed by atoms with Gasteiger partial charge in [-0.05, 0) is 296 Å². The third-order valence-electron chi connectivity index (χ3n) is 28.4. The van der Waals surface area contributed by atoms with Gasteiger partial charge in [0.15, 0.2) is 0 Å². The van der Waals surface area contributed by atoms with Crippen molar-refractivity contribution in [3.63, 3.8) is 0 Å². The van der Waals surface area contributed by atoms with E-state index in [9.17, 15) is 16.8 Å². The number of fused-ring (bicyclic) bond motifs is 10. The van der Waals surface area contributed by atoms with Gasteiger partial charge in [0.2, 0.25) is 0 Å². The van der Waals surface area contributed by atoms with E-state index in [0.29, 0.717) is 71.0 Å². The van der Waals surface area contributed by atoms with Crippen molar-refractivity contribution < 1.29 is 29.9 Å². The topological polar surface area (TPSA) is 96.0 Å². The van der Waals surface area contributed by atoms with Crippen LogP contribution in [0.15, 0.2) is 106 Å². The maximum atomic E-state index is 13.3. The quantitative estimate of drug-likeness (QED) is 0.0437. The molecule has 93 heavy (non-hydrogen) atoms. The SMILES string of the molecule is CC[C@H](C=C[C@@H](C)[C@H]1CCC2C3CC=C4C[C@@H](C(CCCCCOS(=O)(=O)c5ccc(C)cc5)OC(CCCCCOS(=O)(=O)c5ccc(C)cc5)[C@H]5CC[C@@]6(C)C(=CCC7C6CC[C@@]6(C)C7CC[C@@H]6[C@H](C)C=C[C@@H](CC)C(C)C)C5)CC[C@]4(C)C3CC[C@@]21C)C(C)C. The normalized spacial score (nSPS) is 34.8. The minimum Gasteiger partial charge on any atom is -0.374 e. The number of unbranched alkanes of at least 4 members (excludes halogenated alkanes) is 4. The first-order chi connectivity index (χ1) is 44.3. The van der Waals surface area contributed by atoms with E-state index in [0.717, 1.165) is 110 Å². The van der Waals surface area contributed by atoms with Crippen molar-refractivity contribution in [3.05, 3.63) is 107 Å². The lowest BCUT2D eigenvalue weighted by Crippen LogP contribution is -2.51. The molecule has 520 valence electrons. The standard InChI is InChI=1S/C84H130O7S2/c1-15-63(57(3)4)31-29-61(9)73-41-43-75-71-39-33-67-55-65(45-49-81(67,11)77(71)47-51-83(73,75)13)79(23-19-17-21-53-89-92(85,86)69-35-25-59(7)26-36-69)91-80(24-20-18-22-54-90-93(87,88)70-37-27-60(8)28-38-70)66-46-50-82(12)68(56-66)34-40-72-76-44-42-74(84(76,14)52-48-78(72)82)62(10)30-32-64(16-2)58(5)6/h25-38,57-58,61-66,71-80H,15-24,39-56H2,1-14H3/t61-,62-,63-,64-,65+,66+,71?,72?,73-,74-,75?,76?,77?,78?,79?,80?,81+,82+,83-,84-/m1/s1. The van der Waals surface area contributed by atoms with Gasteiger partial charge in [-0.1, -0.05) is 192 Å². The molecule has 0 aromatic heterocycles. The summed E-state index contributed by atoms with van der Waals surface area (Å²) in [5.74, 6) is 10.9. The van der Waals surface area contributed by atoms with Crippen molar-refractivity contribution in [1.29, 1.82) is 0 Å². The van der Waals surface area contributed by atoms with Gasteiger partial charge < -0.3 is 4.74 Å². The van der Waals surface area contributed by atoms with Crippen molar-refractivity contribution in [2.75, 3.05) is 13.2 Å². The van der Waals surface area contributed by atoms with Crippen LogP contribution in [0.5, 0.6) is 0 Å². The number of aryl methyl sites for hydroxylation is 2. The van der Waals surface area contributed by atoms with Crippen LogP contribution in [0.25, 0.3) is 0 Å². The van der Waals surface area contributed by atoms with Crippen LogP contribution < -0.4 is 0 Å². The van der Waals surface area contributed by atoms with Crippen LogP contribution in [0.4, 0.5) is 0 Å². The van der Waals surface area contributed by atoms with Gasteiger partial charge in [-0.2, -0.15) is 16.8 Å². The van der Waals surface area contributed by atoms with Crippen molar-refractivity contribution in [1.82, 2.24) is 0 Å². The number of ether oxygens (including phenoxy) is 1. The second-order valence-electron chi connectivity index (χ2n) is 34.2. The maximum Gasteiger partial charge on any atom is 0.296 e. The Labute approximate surface area is 569 Å². The summed E-state index contributed by atoms with van der Waals surface area (Å²) < 4.78 is 72.4. The Morgan fingerprint density at radius 3 is 1.23 bits per heavy atom. The molecule has 9 heteroatoms. The first-order valence-electron chi connectivity index (χ1n) is 38.6. The summed E-state index contributed by atoms with van der Waals surface area (Å²) in [5, 5.41) is 0. The number of rotatable bonds is 30. The average molecular weight is 1320 g/mol. The van der Waals surface area contributed by atoms with Crippen LogP contribution in [0.3, 0.4) is 0 Å². The lowest BCUT2D eigenvalue weighted by atomic mass is 9.46. The molecule has 7 nitrogen and oxygen atoms in total. The Morgan fingerprint density at radius 1 is 0.473 bits per heavy atom. The molecule has 2 aromatic rings. The molecule has 0 saturated heterocycles. The molecule has 6 saturated carbocycles. The van der Waals surface area contributed by atoms with E-state index in [4.69, 9.17) is 13.1 Å². The van der Waals surface area contributed by atoms with Crippen LogP contribution >= 0.6 is 0 Å². The van der Waals surface area contributed by atoms with Crippen molar-refractivity contribution >= 4 is 20.2 Å². The van der Waals surface area contributed by atoms with E-state index in [-0.39, 0.29) is 46.0 Å². The molecular weight excluding hydrogens is 1190 g/mol. The summed E-state index contributed by atoms with van der Waals surface area (Å²) in [5.41, 5.74) is 6.76. The predicted molar refractivity (Wildman–Crippen MR) is 385 cm³/mol. The predicted octanol–water partition coefficient (Wildman–Crippen LogP) is 22.4. The summed E-state index contributed by atoms with van der Waals surface area (Å²) in [6, 6.07) is 13.9. The largest absolute Gasteiger partial charge is 0.374 e. The van der Waals surface area contributed by atoms with E-state index >= 15 is 0 Å². The fraction of sp³-hybridized carbons (Fsp3) is 0.762. The van der Waals surface area contributed by atoms with Crippen molar-refractivity contribution in [3.8, 4) is 0 Å².